The van der Waals surface area contributed by atoms with Gasteiger partial charge in [-0.25, -0.2) is 4.79 Å². The van der Waals surface area contributed by atoms with E-state index in [9.17, 15) is 9.59 Å². The van der Waals surface area contributed by atoms with Crippen LogP contribution in [0.5, 0.6) is 0 Å². The Kier molecular flexibility index (Phi) is 5.78. The fourth-order valence-corrected chi connectivity index (χ4v) is 3.27. The zero-order valence-electron chi connectivity index (χ0n) is 14.2. The van der Waals surface area contributed by atoms with Crippen molar-refractivity contribution in [3.8, 4) is 0 Å². The predicted octanol–water partition coefficient (Wildman–Crippen LogP) is 3.77. The predicted molar refractivity (Wildman–Crippen MR) is 104 cm³/mol. The number of amides is 2. The fourth-order valence-electron chi connectivity index (χ4n) is 2.91. The van der Waals surface area contributed by atoms with Crippen LogP contribution in [-0.4, -0.2) is 29.5 Å². The van der Waals surface area contributed by atoms with Crippen molar-refractivity contribution in [1.29, 1.82) is 0 Å². The molecule has 3 N–H and O–H groups in total. The van der Waals surface area contributed by atoms with Crippen molar-refractivity contribution in [1.82, 2.24) is 4.90 Å². The molecule has 2 aromatic carbocycles. The van der Waals surface area contributed by atoms with Gasteiger partial charge in [0.05, 0.1) is 11.4 Å². The first kappa shape index (κ1) is 18.3. The first-order chi connectivity index (χ1) is 12.5. The van der Waals surface area contributed by atoms with E-state index >= 15 is 0 Å². The number of hydrogen-bond donors (Lipinski definition) is 2. The maximum absolute atomic E-state index is 12.6. The minimum Gasteiger partial charge on any atom is -0.445 e. The molecule has 0 unspecified atom stereocenters. The van der Waals surface area contributed by atoms with Crippen molar-refractivity contribution in [3.05, 3.63) is 58.6 Å². The lowest BCUT2D eigenvalue weighted by Crippen LogP contribution is -2.43. The van der Waals surface area contributed by atoms with Crippen molar-refractivity contribution in [2.75, 3.05) is 17.6 Å². The SMILES string of the molecule is Nc1ccc(Br)cc1NC(=O)[C@@H]1CCCN1C(=O)OCc1ccccc1. The van der Waals surface area contributed by atoms with Gasteiger partial charge in [0.1, 0.15) is 12.6 Å². The Hall–Kier alpha value is -2.54. The Bertz CT molecular complexity index is 798. The lowest BCUT2D eigenvalue weighted by atomic mass is 10.2. The number of halogens is 1. The lowest BCUT2D eigenvalue weighted by molar-refractivity contribution is -0.120. The van der Waals surface area contributed by atoms with Gasteiger partial charge in [0, 0.05) is 11.0 Å². The summed E-state index contributed by atoms with van der Waals surface area (Å²) < 4.78 is 6.17. The van der Waals surface area contributed by atoms with Crippen LogP contribution in [0.2, 0.25) is 0 Å². The zero-order chi connectivity index (χ0) is 18.5. The summed E-state index contributed by atoms with van der Waals surface area (Å²) in [6, 6.07) is 14.1. The highest BCUT2D eigenvalue weighted by atomic mass is 79.9. The molecule has 0 spiro atoms. The first-order valence-corrected chi connectivity index (χ1v) is 9.17. The maximum Gasteiger partial charge on any atom is 0.410 e. The van der Waals surface area contributed by atoms with Gasteiger partial charge in [-0.1, -0.05) is 46.3 Å². The maximum atomic E-state index is 12.6. The number of benzene rings is 2. The van der Waals surface area contributed by atoms with Crippen LogP contribution in [0.3, 0.4) is 0 Å². The van der Waals surface area contributed by atoms with Gasteiger partial charge in [-0.3, -0.25) is 9.69 Å². The average molecular weight is 418 g/mol. The zero-order valence-corrected chi connectivity index (χ0v) is 15.7. The molecule has 1 saturated heterocycles. The van der Waals surface area contributed by atoms with Crippen LogP contribution in [0.1, 0.15) is 18.4 Å². The molecular formula is C19H20BrN3O3. The van der Waals surface area contributed by atoms with Gasteiger partial charge in [-0.15, -0.1) is 0 Å². The van der Waals surface area contributed by atoms with Crippen LogP contribution in [0.25, 0.3) is 0 Å². The second-order valence-electron chi connectivity index (χ2n) is 6.11. The summed E-state index contributed by atoms with van der Waals surface area (Å²) >= 11 is 3.36. The summed E-state index contributed by atoms with van der Waals surface area (Å²) in [6.45, 7) is 0.683. The summed E-state index contributed by atoms with van der Waals surface area (Å²) in [6.07, 6.45) is 0.876. The number of nitrogens with two attached hydrogens (primary N) is 1. The number of hydrogen-bond acceptors (Lipinski definition) is 4. The molecule has 0 aliphatic carbocycles. The highest BCUT2D eigenvalue weighted by Crippen LogP contribution is 2.26. The molecule has 26 heavy (non-hydrogen) atoms. The van der Waals surface area contributed by atoms with Gasteiger partial charge >= 0.3 is 6.09 Å². The average Bonchev–Trinajstić information content (AvgIpc) is 3.13. The molecule has 0 saturated carbocycles. The second-order valence-corrected chi connectivity index (χ2v) is 7.03. The van der Waals surface area contributed by atoms with Crippen molar-refractivity contribution < 1.29 is 14.3 Å². The van der Waals surface area contributed by atoms with E-state index < -0.39 is 12.1 Å². The molecular weight excluding hydrogens is 398 g/mol. The molecule has 0 radical (unpaired) electrons. The minimum atomic E-state index is -0.559. The Balaban J connectivity index is 1.62. The molecule has 136 valence electrons. The van der Waals surface area contributed by atoms with Crippen molar-refractivity contribution >= 4 is 39.3 Å². The molecule has 1 fully saturated rings. The Morgan fingerprint density at radius 3 is 2.77 bits per heavy atom. The number of carbonyl (C=O) groups excluding carboxylic acids is 2. The topological polar surface area (TPSA) is 84.7 Å². The van der Waals surface area contributed by atoms with Crippen LogP contribution in [0, 0.1) is 0 Å². The molecule has 0 bridgehead atoms. The van der Waals surface area contributed by atoms with Gasteiger partial charge in [-0.05, 0) is 36.6 Å². The van der Waals surface area contributed by atoms with Crippen LogP contribution in [0.15, 0.2) is 53.0 Å². The van der Waals surface area contributed by atoms with Gasteiger partial charge < -0.3 is 15.8 Å². The van der Waals surface area contributed by atoms with Gasteiger partial charge in [0.25, 0.3) is 0 Å². The van der Waals surface area contributed by atoms with E-state index in [4.69, 9.17) is 10.5 Å². The molecule has 7 heteroatoms. The van der Waals surface area contributed by atoms with E-state index in [1.807, 2.05) is 30.3 Å². The third-order valence-electron chi connectivity index (χ3n) is 4.27. The number of anilines is 2. The molecule has 6 nitrogen and oxygen atoms in total. The number of carbonyl (C=O) groups is 2. The quantitative estimate of drug-likeness (QED) is 0.741. The van der Waals surface area contributed by atoms with Gasteiger partial charge in [0.15, 0.2) is 0 Å². The van der Waals surface area contributed by atoms with E-state index in [0.29, 0.717) is 24.3 Å². The smallest absolute Gasteiger partial charge is 0.410 e. The Labute approximate surface area is 160 Å². The number of likely N-dealkylation sites (tertiary alicyclic amines) is 1. The molecule has 1 atom stereocenters. The third-order valence-corrected chi connectivity index (χ3v) is 4.76. The van der Waals surface area contributed by atoms with Crippen LogP contribution in [0.4, 0.5) is 16.2 Å². The van der Waals surface area contributed by atoms with Crippen LogP contribution in [-0.2, 0) is 16.1 Å². The van der Waals surface area contributed by atoms with Crippen LogP contribution < -0.4 is 11.1 Å². The first-order valence-electron chi connectivity index (χ1n) is 8.38. The van der Waals surface area contributed by atoms with Crippen molar-refractivity contribution in [2.24, 2.45) is 0 Å². The van der Waals surface area contributed by atoms with E-state index in [1.165, 1.54) is 4.90 Å². The largest absolute Gasteiger partial charge is 0.445 e. The summed E-state index contributed by atoms with van der Waals surface area (Å²) in [5.74, 6) is -0.260. The summed E-state index contributed by atoms with van der Waals surface area (Å²) in [5.41, 5.74) is 7.80. The molecule has 1 aliphatic heterocycles. The van der Waals surface area contributed by atoms with Gasteiger partial charge in [-0.2, -0.15) is 0 Å². The summed E-state index contributed by atoms with van der Waals surface area (Å²) in [7, 11) is 0. The van der Waals surface area contributed by atoms with E-state index in [-0.39, 0.29) is 12.5 Å². The standard InChI is InChI=1S/C19H20BrN3O3/c20-14-8-9-15(21)16(11-14)22-18(24)17-7-4-10-23(17)19(25)26-12-13-5-2-1-3-6-13/h1-3,5-6,8-9,11,17H,4,7,10,12,21H2,(H,22,24)/t17-/m0/s1. The number of nitrogens with zero attached hydrogens (tertiary/aromatic N) is 1. The fraction of sp³-hybridized carbons (Fsp3) is 0.263. The van der Waals surface area contributed by atoms with E-state index in [2.05, 4.69) is 21.2 Å². The number of ether oxygens (including phenoxy) is 1. The molecule has 1 heterocycles. The molecule has 1 aliphatic rings. The Morgan fingerprint density at radius 2 is 2.00 bits per heavy atom. The highest BCUT2D eigenvalue weighted by Gasteiger charge is 2.35. The minimum absolute atomic E-state index is 0.184. The number of rotatable bonds is 4. The molecule has 3 rings (SSSR count). The third kappa shape index (κ3) is 4.35. The van der Waals surface area contributed by atoms with Crippen molar-refractivity contribution in [3.63, 3.8) is 0 Å². The van der Waals surface area contributed by atoms with Gasteiger partial charge in [0.2, 0.25) is 5.91 Å². The number of nitrogen functional groups attached to an aromatic ring is 1. The van der Waals surface area contributed by atoms with Crippen LogP contribution >= 0.6 is 15.9 Å². The van der Waals surface area contributed by atoms with E-state index in [1.54, 1.807) is 18.2 Å². The second kappa shape index (κ2) is 8.23. The monoisotopic (exact) mass is 417 g/mol. The van der Waals surface area contributed by atoms with Crippen molar-refractivity contribution in [2.45, 2.75) is 25.5 Å². The lowest BCUT2D eigenvalue weighted by Gasteiger charge is -2.23. The number of nitrogens with one attached hydrogen (secondary N) is 1. The highest BCUT2D eigenvalue weighted by molar-refractivity contribution is 9.10. The molecule has 2 amide bonds. The molecule has 2 aromatic rings. The Morgan fingerprint density at radius 1 is 1.23 bits per heavy atom. The summed E-state index contributed by atoms with van der Waals surface area (Å²) in [5, 5.41) is 2.81. The summed E-state index contributed by atoms with van der Waals surface area (Å²) in [4.78, 5) is 26.5. The van der Waals surface area contributed by atoms with E-state index in [0.717, 1.165) is 16.5 Å². The molecule has 0 aromatic heterocycles. The normalized spacial score (nSPS) is 16.3.